The highest BCUT2D eigenvalue weighted by Crippen LogP contribution is 2.38. The van der Waals surface area contributed by atoms with Crippen molar-refractivity contribution >= 4 is 181 Å². The summed E-state index contributed by atoms with van der Waals surface area (Å²) in [5.41, 5.74) is 7.07. The number of para-hydroxylation sites is 2. The van der Waals surface area contributed by atoms with Gasteiger partial charge in [0.05, 0.1) is 64.4 Å². The van der Waals surface area contributed by atoms with Crippen LogP contribution in [0.1, 0.15) is 0 Å². The van der Waals surface area contributed by atoms with E-state index in [1.807, 2.05) is 115 Å². The van der Waals surface area contributed by atoms with Gasteiger partial charge in [0.2, 0.25) is 0 Å². The number of pyridine rings is 4. The molecule has 112 heavy (non-hydrogen) atoms. The van der Waals surface area contributed by atoms with Gasteiger partial charge in [-0.1, -0.05) is 113 Å². The summed E-state index contributed by atoms with van der Waals surface area (Å²) in [7, 11) is 0. The zero-order valence-electron chi connectivity index (χ0n) is 57.3. The number of hydrogen-bond donors (Lipinski definition) is 8. The Hall–Kier alpha value is -14.3. The molecule has 20 rings (SSSR count). The van der Waals surface area contributed by atoms with Crippen molar-refractivity contribution in [1.29, 1.82) is 0 Å². The van der Waals surface area contributed by atoms with Gasteiger partial charge in [-0.3, -0.25) is 25.4 Å². The van der Waals surface area contributed by atoms with Gasteiger partial charge in [-0.05, 0) is 140 Å². The fraction of sp³-hybridized carbons (Fsp3) is 0. The lowest BCUT2D eigenvalue weighted by molar-refractivity contribution is 0.590. The van der Waals surface area contributed by atoms with Gasteiger partial charge in [0.15, 0.2) is 69.3 Å². The molecule has 0 radical (unpaired) electrons. The molecule has 12 aromatic heterocycles. The van der Waals surface area contributed by atoms with E-state index in [2.05, 4.69) is 117 Å². The molecule has 0 atom stereocenters. The van der Waals surface area contributed by atoms with E-state index in [-0.39, 0.29) is 28.4 Å². The third-order valence-electron chi connectivity index (χ3n) is 17.5. The minimum absolute atomic E-state index is 0.0942. The van der Waals surface area contributed by atoms with E-state index in [4.69, 9.17) is 51.4 Å². The number of halogens is 8. The number of hydrogen-bond acceptors (Lipinski definition) is 20. The second-order valence-corrected chi connectivity index (χ2v) is 26.1. The quantitative estimate of drug-likeness (QED) is 0.0527. The lowest BCUT2D eigenvalue weighted by atomic mass is 10.2. The number of rotatable bonds is 12. The van der Waals surface area contributed by atoms with Crippen LogP contribution in [0.5, 0.6) is 0 Å². The van der Waals surface area contributed by atoms with Crippen molar-refractivity contribution in [2.24, 2.45) is 0 Å². The van der Waals surface area contributed by atoms with Gasteiger partial charge in [0, 0.05) is 74.7 Å². The van der Waals surface area contributed by atoms with Crippen molar-refractivity contribution in [3.05, 3.63) is 287 Å². The average Bonchev–Trinajstić information content (AvgIpc) is 1.60. The Morgan fingerprint density at radius 2 is 0.670 bits per heavy atom. The molecule has 12 heterocycles. The molecule has 0 fully saturated rings. The Morgan fingerprint density at radius 1 is 0.277 bits per heavy atom. The maximum absolute atomic E-state index is 14.0. The minimum Gasteiger partial charge on any atom is -0.322 e. The fourth-order valence-corrected chi connectivity index (χ4v) is 13.0. The van der Waals surface area contributed by atoms with Crippen molar-refractivity contribution in [3.63, 3.8) is 0 Å². The predicted octanol–water partition coefficient (Wildman–Crippen LogP) is 20.4. The summed E-state index contributed by atoms with van der Waals surface area (Å²) >= 11 is 25.3. The summed E-state index contributed by atoms with van der Waals surface area (Å²) in [6.45, 7) is 0. The molecule has 0 spiro atoms. The van der Waals surface area contributed by atoms with Crippen LogP contribution in [-0.2, 0) is 0 Å². The molecule has 24 nitrogen and oxygen atoms in total. The predicted molar refractivity (Wildman–Crippen MR) is 428 cm³/mol. The van der Waals surface area contributed by atoms with Gasteiger partial charge in [-0.2, -0.15) is 20.4 Å². The van der Waals surface area contributed by atoms with Crippen molar-refractivity contribution in [2.75, 3.05) is 21.3 Å². The summed E-state index contributed by atoms with van der Waals surface area (Å²) in [6, 6.07) is 61.2. The van der Waals surface area contributed by atoms with Crippen molar-refractivity contribution < 1.29 is 17.6 Å². The molecular formula is C80H48Cl4F4N24. The van der Waals surface area contributed by atoms with E-state index in [1.165, 1.54) is 24.3 Å². The second kappa shape index (κ2) is 30.7. The van der Waals surface area contributed by atoms with E-state index in [9.17, 15) is 17.6 Å². The zero-order valence-corrected chi connectivity index (χ0v) is 60.3. The van der Waals surface area contributed by atoms with Crippen molar-refractivity contribution in [2.45, 2.75) is 0 Å². The highest BCUT2D eigenvalue weighted by Gasteiger charge is 2.22. The van der Waals surface area contributed by atoms with Crippen LogP contribution in [0.2, 0.25) is 20.1 Å². The molecule has 0 unspecified atom stereocenters. The van der Waals surface area contributed by atoms with Crippen LogP contribution in [0.25, 0.3) is 133 Å². The Balaban J connectivity index is 0.000000108. The summed E-state index contributed by atoms with van der Waals surface area (Å²) in [4.78, 5) is 53.9. The first-order valence-corrected chi connectivity index (χ1v) is 35.4. The van der Waals surface area contributed by atoms with Gasteiger partial charge in [0.1, 0.15) is 51.8 Å². The SMILES string of the molecule is Clc1ccccc1-c1nc(Nc2n[nH]c3ccccc23)c2ccncc2n1.Fc1cc(F)c2[nH]nc(Nc3nc(-c4ccccc4Cl)nc4ncccc34)c2c1.Fc1ccc2[nH]nc(Nc3nc(-c4ccccc4Cl)nc4ncccc34)c2c1.Fc1cccc2c(Nc3nc(-c4ccccc4Cl)nc4ncccc34)n[nH]c12. The van der Waals surface area contributed by atoms with Crippen LogP contribution in [0.4, 0.5) is 64.1 Å². The maximum atomic E-state index is 14.0. The van der Waals surface area contributed by atoms with Gasteiger partial charge in [-0.15, -0.1) is 0 Å². The summed E-state index contributed by atoms with van der Waals surface area (Å²) in [6.07, 6.45) is 8.37. The minimum atomic E-state index is -0.730. The van der Waals surface area contributed by atoms with Crippen molar-refractivity contribution in [3.8, 4) is 45.6 Å². The van der Waals surface area contributed by atoms with Gasteiger partial charge in [0.25, 0.3) is 0 Å². The number of fused-ring (bicyclic) bond motifs is 8. The highest BCUT2D eigenvalue weighted by molar-refractivity contribution is 6.34. The number of nitrogens with one attached hydrogen (secondary N) is 8. The first kappa shape index (κ1) is 70.6. The third kappa shape index (κ3) is 14.4. The molecule has 0 bridgehead atoms. The Bertz CT molecular complexity index is 6850. The number of benzene rings is 8. The first-order chi connectivity index (χ1) is 54.8. The molecule has 0 aliphatic heterocycles. The molecule has 0 aliphatic carbocycles. The summed E-state index contributed by atoms with van der Waals surface area (Å²) in [5.74, 6) is 3.51. The molecule has 8 aromatic carbocycles. The van der Waals surface area contributed by atoms with E-state index in [1.54, 1.807) is 97.7 Å². The molecule has 0 saturated heterocycles. The largest absolute Gasteiger partial charge is 0.322 e. The van der Waals surface area contributed by atoms with Crippen LogP contribution in [0.3, 0.4) is 0 Å². The Labute approximate surface area is 648 Å². The van der Waals surface area contributed by atoms with E-state index in [0.29, 0.717) is 156 Å². The molecule has 8 N–H and O–H groups in total. The molecule has 20 aromatic rings. The molecule has 0 amide bonds. The van der Waals surface area contributed by atoms with Crippen LogP contribution < -0.4 is 21.3 Å². The molecule has 544 valence electrons. The number of anilines is 8. The fourth-order valence-electron chi connectivity index (χ4n) is 12.1. The number of aromatic nitrogens is 20. The molecule has 32 heteroatoms. The van der Waals surface area contributed by atoms with E-state index in [0.717, 1.165) is 33.4 Å². The first-order valence-electron chi connectivity index (χ1n) is 33.9. The topological polar surface area (TPSA) is 318 Å². The van der Waals surface area contributed by atoms with Gasteiger partial charge >= 0.3 is 0 Å². The van der Waals surface area contributed by atoms with E-state index >= 15 is 0 Å². The number of nitrogens with zero attached hydrogens (tertiary/aromatic N) is 16. The third-order valence-corrected chi connectivity index (χ3v) is 18.8. The number of H-pyrrole nitrogens is 4. The second-order valence-electron chi connectivity index (χ2n) is 24.5. The maximum Gasteiger partial charge on any atom is 0.165 e. The van der Waals surface area contributed by atoms with Crippen LogP contribution >= 0.6 is 46.4 Å². The van der Waals surface area contributed by atoms with Gasteiger partial charge in [-0.25, -0.2) is 72.4 Å². The smallest absolute Gasteiger partial charge is 0.165 e. The normalized spacial score (nSPS) is 11.2. The molecule has 0 aliphatic rings. The van der Waals surface area contributed by atoms with Gasteiger partial charge < -0.3 is 21.3 Å². The van der Waals surface area contributed by atoms with E-state index < -0.39 is 11.6 Å². The molecule has 0 saturated carbocycles. The monoisotopic (exact) mass is 1560 g/mol. The number of aromatic amines is 4. The van der Waals surface area contributed by atoms with Crippen molar-refractivity contribution in [1.82, 2.24) is 101 Å². The Kier molecular flexibility index (Phi) is 19.4. The van der Waals surface area contributed by atoms with Crippen LogP contribution in [0, 0.1) is 23.3 Å². The summed E-state index contributed by atoms with van der Waals surface area (Å²) < 4.78 is 55.4. The molecular weight excluding hydrogens is 1510 g/mol. The highest BCUT2D eigenvalue weighted by atomic mass is 35.5. The standard InChI is InChI=1S/C20H11ClF2N6.2C20H12ClFN6.C20H13ClN6/c21-14-6-2-1-4-11(14)18-25-17-12(5-3-7-24-17)19(26-18)27-20-13-8-10(22)9-15(23)16(13)28-29-20;21-14-8-2-1-5-11(14)18-24-17-13(7-4-10-23-17)19(25-18)26-20-12-6-3-9-15(22)16(12)27-28-20;21-15-6-2-1-4-12(15)18-24-17-13(5-3-9-23-17)19(25-18)26-20-14-10-11(22)7-8-16(14)27-28-20;21-15-7-3-1-5-12(15)18-23-17-11-22-10-9-14(17)19(24-18)25-20-13-6-2-4-8-16(13)26-27-20/h1-9H,(H2,24,25,26,27,28,29);2*1-10H,(H2,23,24,25,26,27,28);1-11H,(H2,23,24,25,26,27). The average molecular weight is 1560 g/mol. The Morgan fingerprint density at radius 3 is 1.18 bits per heavy atom. The van der Waals surface area contributed by atoms with Crippen LogP contribution in [-0.4, -0.2) is 101 Å². The summed E-state index contributed by atoms with van der Waals surface area (Å²) in [5, 5.41) is 48.4. The lowest BCUT2D eigenvalue weighted by Gasteiger charge is -2.10. The lowest BCUT2D eigenvalue weighted by Crippen LogP contribution is -2.01. The zero-order chi connectivity index (χ0) is 76.3. The van der Waals surface area contributed by atoms with Crippen LogP contribution in [0.15, 0.2) is 243 Å².